The molecule has 0 spiro atoms. The molecular weight excluding hydrogens is 359 g/mol. The van der Waals surface area contributed by atoms with Gasteiger partial charge in [0.15, 0.2) is 0 Å². The van der Waals surface area contributed by atoms with Gasteiger partial charge in [0.05, 0.1) is 10.8 Å². The number of hydrogen-bond acceptors (Lipinski definition) is 1. The standard InChI is InChI=1S/C9H7F4IOS/c1-5-2-6(10)7(14)3-8(5)16(15)4-9(11,12)13/h2-3H,4H2,1H3. The highest BCUT2D eigenvalue weighted by molar-refractivity contribution is 14.1. The van der Waals surface area contributed by atoms with Crippen molar-refractivity contribution in [3.05, 3.63) is 27.1 Å². The van der Waals surface area contributed by atoms with Crippen molar-refractivity contribution in [3.8, 4) is 0 Å². The van der Waals surface area contributed by atoms with Gasteiger partial charge in [-0.2, -0.15) is 13.2 Å². The van der Waals surface area contributed by atoms with Crippen molar-refractivity contribution < 1.29 is 21.8 Å². The van der Waals surface area contributed by atoms with Gasteiger partial charge < -0.3 is 0 Å². The van der Waals surface area contributed by atoms with Crippen molar-refractivity contribution in [2.75, 3.05) is 5.75 Å². The first kappa shape index (κ1) is 13.9. The fourth-order valence-corrected chi connectivity index (χ4v) is 2.90. The molecule has 0 aromatic heterocycles. The molecule has 0 saturated heterocycles. The van der Waals surface area contributed by atoms with E-state index in [9.17, 15) is 21.8 Å². The molecule has 16 heavy (non-hydrogen) atoms. The van der Waals surface area contributed by atoms with E-state index in [2.05, 4.69) is 0 Å². The van der Waals surface area contributed by atoms with E-state index in [1.807, 2.05) is 0 Å². The predicted octanol–water partition coefficient (Wildman–Crippen LogP) is 3.41. The number of aryl methyl sites for hydroxylation is 1. The van der Waals surface area contributed by atoms with E-state index in [1.165, 1.54) is 13.0 Å². The van der Waals surface area contributed by atoms with Gasteiger partial charge in [0, 0.05) is 8.47 Å². The predicted molar refractivity (Wildman–Crippen MR) is 61.2 cm³/mol. The Morgan fingerprint density at radius 1 is 1.38 bits per heavy atom. The highest BCUT2D eigenvalue weighted by Crippen LogP contribution is 2.24. The molecule has 0 aliphatic rings. The van der Waals surface area contributed by atoms with Gasteiger partial charge in [0.2, 0.25) is 0 Å². The average molecular weight is 366 g/mol. The van der Waals surface area contributed by atoms with Crippen LogP contribution in [-0.4, -0.2) is 16.1 Å². The first-order chi connectivity index (χ1) is 7.20. The molecule has 1 rings (SSSR count). The zero-order chi connectivity index (χ0) is 12.5. The molecule has 1 aromatic rings. The summed E-state index contributed by atoms with van der Waals surface area (Å²) in [5, 5.41) is 0. The van der Waals surface area contributed by atoms with Crippen LogP contribution in [-0.2, 0) is 10.8 Å². The third-order valence-corrected chi connectivity index (χ3v) is 4.10. The quantitative estimate of drug-likeness (QED) is 0.579. The van der Waals surface area contributed by atoms with Gasteiger partial charge in [0.25, 0.3) is 0 Å². The second kappa shape index (κ2) is 4.99. The lowest BCUT2D eigenvalue weighted by Crippen LogP contribution is -2.19. The third kappa shape index (κ3) is 3.69. The van der Waals surface area contributed by atoms with Crippen molar-refractivity contribution in [2.45, 2.75) is 18.0 Å². The molecule has 1 unspecified atom stereocenters. The van der Waals surface area contributed by atoms with Crippen LogP contribution in [0, 0.1) is 16.3 Å². The Kier molecular flexibility index (Phi) is 4.33. The van der Waals surface area contributed by atoms with Gasteiger partial charge in [-0.15, -0.1) is 0 Å². The van der Waals surface area contributed by atoms with Crippen LogP contribution in [0.3, 0.4) is 0 Å². The number of halogens is 5. The molecule has 0 radical (unpaired) electrons. The first-order valence-corrected chi connectivity index (χ1v) is 6.51. The monoisotopic (exact) mass is 366 g/mol. The molecule has 0 aliphatic carbocycles. The summed E-state index contributed by atoms with van der Waals surface area (Å²) in [7, 11) is -2.18. The molecule has 0 aliphatic heterocycles. The molecule has 0 N–H and O–H groups in total. The van der Waals surface area contributed by atoms with Crippen LogP contribution in [0.4, 0.5) is 17.6 Å². The van der Waals surface area contributed by atoms with E-state index in [4.69, 9.17) is 0 Å². The zero-order valence-corrected chi connectivity index (χ0v) is 11.0. The van der Waals surface area contributed by atoms with Crippen LogP contribution in [0.5, 0.6) is 0 Å². The second-order valence-corrected chi connectivity index (χ2v) is 5.72. The number of rotatable bonds is 2. The Hall–Kier alpha value is -0.180. The zero-order valence-electron chi connectivity index (χ0n) is 8.07. The number of alkyl halides is 3. The maximum atomic E-state index is 13.0. The summed E-state index contributed by atoms with van der Waals surface area (Å²) in [5.41, 5.74) is 0.264. The molecule has 0 bridgehead atoms. The van der Waals surface area contributed by atoms with Gasteiger partial charge in [-0.3, -0.25) is 4.21 Å². The topological polar surface area (TPSA) is 17.1 Å². The highest BCUT2D eigenvalue weighted by atomic mass is 127. The average Bonchev–Trinajstić information content (AvgIpc) is 2.08. The van der Waals surface area contributed by atoms with E-state index in [0.717, 1.165) is 6.07 Å². The summed E-state index contributed by atoms with van der Waals surface area (Å²) in [6, 6.07) is 2.28. The van der Waals surface area contributed by atoms with Gasteiger partial charge in [0.1, 0.15) is 11.6 Å². The summed E-state index contributed by atoms with van der Waals surface area (Å²) >= 11 is 1.65. The Balaban J connectivity index is 3.05. The van der Waals surface area contributed by atoms with Crippen LogP contribution in [0.25, 0.3) is 0 Å². The number of benzene rings is 1. The van der Waals surface area contributed by atoms with E-state index in [1.54, 1.807) is 22.6 Å². The van der Waals surface area contributed by atoms with E-state index < -0.39 is 28.5 Å². The van der Waals surface area contributed by atoms with E-state index in [-0.39, 0.29) is 14.0 Å². The van der Waals surface area contributed by atoms with E-state index >= 15 is 0 Å². The fraction of sp³-hybridized carbons (Fsp3) is 0.333. The Morgan fingerprint density at radius 2 is 1.94 bits per heavy atom. The highest BCUT2D eigenvalue weighted by Gasteiger charge is 2.31. The lowest BCUT2D eigenvalue weighted by Gasteiger charge is -2.09. The lowest BCUT2D eigenvalue weighted by molar-refractivity contribution is -0.105. The van der Waals surface area contributed by atoms with Crippen LogP contribution in [0.15, 0.2) is 17.0 Å². The van der Waals surface area contributed by atoms with E-state index in [0.29, 0.717) is 0 Å². The Morgan fingerprint density at radius 3 is 2.44 bits per heavy atom. The maximum Gasteiger partial charge on any atom is 0.400 e. The number of hydrogen-bond donors (Lipinski definition) is 0. The van der Waals surface area contributed by atoms with Gasteiger partial charge in [-0.25, -0.2) is 4.39 Å². The summed E-state index contributed by atoms with van der Waals surface area (Å²) in [6.07, 6.45) is -4.49. The largest absolute Gasteiger partial charge is 0.400 e. The molecule has 90 valence electrons. The molecular formula is C9H7F4IOS. The van der Waals surface area contributed by atoms with Crippen molar-refractivity contribution in [1.82, 2.24) is 0 Å². The van der Waals surface area contributed by atoms with Crippen molar-refractivity contribution in [2.24, 2.45) is 0 Å². The molecule has 1 atom stereocenters. The van der Waals surface area contributed by atoms with Gasteiger partial charge >= 0.3 is 6.18 Å². The molecule has 7 heteroatoms. The Labute approximate surface area is 106 Å². The molecule has 0 fully saturated rings. The Bertz CT molecular complexity index is 430. The summed E-state index contributed by atoms with van der Waals surface area (Å²) < 4.78 is 60.7. The van der Waals surface area contributed by atoms with Crippen LogP contribution in [0.2, 0.25) is 0 Å². The van der Waals surface area contributed by atoms with Crippen LogP contribution < -0.4 is 0 Å². The molecule has 0 amide bonds. The summed E-state index contributed by atoms with van der Waals surface area (Å²) in [4.78, 5) is 0.0307. The molecule has 0 saturated carbocycles. The van der Waals surface area contributed by atoms with Crippen LogP contribution in [0.1, 0.15) is 5.56 Å². The fourth-order valence-electron chi connectivity index (χ4n) is 1.10. The normalized spacial score (nSPS) is 13.9. The second-order valence-electron chi connectivity index (χ2n) is 3.14. The van der Waals surface area contributed by atoms with Gasteiger partial charge in [-0.05, 0) is 47.2 Å². The minimum Gasteiger partial charge on any atom is -0.254 e. The molecule has 1 nitrogen and oxygen atoms in total. The summed E-state index contributed by atoms with van der Waals surface area (Å²) in [6.45, 7) is 1.43. The smallest absolute Gasteiger partial charge is 0.254 e. The third-order valence-electron chi connectivity index (χ3n) is 1.76. The van der Waals surface area contributed by atoms with Crippen LogP contribution >= 0.6 is 22.6 Å². The minimum absolute atomic E-state index is 0.0307. The van der Waals surface area contributed by atoms with Gasteiger partial charge in [-0.1, -0.05) is 0 Å². The van der Waals surface area contributed by atoms with Crippen molar-refractivity contribution in [1.29, 1.82) is 0 Å². The maximum absolute atomic E-state index is 13.0. The lowest BCUT2D eigenvalue weighted by atomic mass is 10.2. The van der Waals surface area contributed by atoms with Crippen molar-refractivity contribution >= 4 is 33.4 Å². The molecule has 1 aromatic carbocycles. The molecule has 0 heterocycles. The minimum atomic E-state index is -4.49. The van der Waals surface area contributed by atoms with Crippen molar-refractivity contribution in [3.63, 3.8) is 0 Å². The first-order valence-electron chi connectivity index (χ1n) is 4.11. The SMILES string of the molecule is Cc1cc(F)c(I)cc1S(=O)CC(F)(F)F. The summed E-state index contributed by atoms with van der Waals surface area (Å²) in [5.74, 6) is -1.93.